The summed E-state index contributed by atoms with van der Waals surface area (Å²) < 4.78 is 31.0. The highest BCUT2D eigenvalue weighted by Gasteiger charge is 2.53. The Balaban J connectivity index is 1.39. The molecule has 1 heterocycles. The van der Waals surface area contributed by atoms with Gasteiger partial charge in [0.1, 0.15) is 17.3 Å². The van der Waals surface area contributed by atoms with Crippen LogP contribution in [0.2, 0.25) is 0 Å². The monoisotopic (exact) mass is 643 g/mol. The third-order valence-corrected chi connectivity index (χ3v) is 8.53. The lowest BCUT2D eigenvalue weighted by Crippen LogP contribution is -2.54. The molecule has 10 heteroatoms. The maximum atomic E-state index is 14.3. The number of methoxy groups -OCH3 is 1. The first-order chi connectivity index (χ1) is 22.5. The minimum absolute atomic E-state index is 0.0592. The quantitative estimate of drug-likeness (QED) is 0.107. The molecule has 5 rings (SSSR count). The largest absolute Gasteiger partial charge is 0.497 e. The molecule has 4 aromatic rings. The second-order valence-corrected chi connectivity index (χ2v) is 11.9. The summed E-state index contributed by atoms with van der Waals surface area (Å²) in [5, 5.41) is 9.06. The second kappa shape index (κ2) is 16.3. The van der Waals surface area contributed by atoms with Gasteiger partial charge in [-0.1, -0.05) is 54.6 Å². The fourth-order valence-electron chi connectivity index (χ4n) is 5.14. The van der Waals surface area contributed by atoms with Crippen LogP contribution in [0, 0.1) is 5.82 Å². The van der Waals surface area contributed by atoms with Crippen molar-refractivity contribution in [2.45, 2.75) is 30.2 Å². The van der Waals surface area contributed by atoms with E-state index in [9.17, 15) is 9.18 Å². The molecular weight excluding hydrogens is 605 g/mol. The molecule has 8 nitrogen and oxygen atoms in total. The van der Waals surface area contributed by atoms with E-state index in [0.717, 1.165) is 28.2 Å². The van der Waals surface area contributed by atoms with Gasteiger partial charge in [0.25, 0.3) is 5.91 Å². The molecule has 0 unspecified atom stereocenters. The smallest absolute Gasteiger partial charge is 0.266 e. The van der Waals surface area contributed by atoms with Crippen LogP contribution in [-0.2, 0) is 21.7 Å². The summed E-state index contributed by atoms with van der Waals surface area (Å²) in [4.78, 5) is 19.4. The van der Waals surface area contributed by atoms with Crippen LogP contribution in [0.1, 0.15) is 34.8 Å². The van der Waals surface area contributed by atoms with Crippen molar-refractivity contribution in [1.82, 2.24) is 10.9 Å². The molecule has 0 saturated heterocycles. The lowest BCUT2D eigenvalue weighted by molar-refractivity contribution is -0.130. The van der Waals surface area contributed by atoms with E-state index in [-0.39, 0.29) is 24.8 Å². The number of hydrogen-bond donors (Lipinski definition) is 3. The molecule has 0 saturated carbocycles. The Kier molecular flexibility index (Phi) is 11.7. The van der Waals surface area contributed by atoms with Gasteiger partial charge in [-0.15, -0.1) is 0 Å². The topological polar surface area (TPSA) is 101 Å². The molecule has 0 aliphatic carbocycles. The number of aliphatic hydroxyl groups is 1. The van der Waals surface area contributed by atoms with E-state index >= 15 is 0 Å². The number of aliphatic imine (C=N–C) groups is 1. The van der Waals surface area contributed by atoms with Gasteiger partial charge < -0.3 is 19.3 Å². The Morgan fingerprint density at radius 1 is 0.978 bits per heavy atom. The average Bonchev–Trinajstić information content (AvgIpc) is 3.48. The molecule has 3 N–H and O–H groups in total. The molecular formula is C36H38FN3O5S. The first kappa shape index (κ1) is 33.0. The van der Waals surface area contributed by atoms with Crippen LogP contribution in [-0.4, -0.2) is 55.1 Å². The third kappa shape index (κ3) is 8.45. The molecule has 0 aromatic heterocycles. The average molecular weight is 644 g/mol. The van der Waals surface area contributed by atoms with Gasteiger partial charge in [-0.05, 0) is 65.2 Å². The molecule has 4 aromatic carbocycles. The van der Waals surface area contributed by atoms with Crippen molar-refractivity contribution in [2.24, 2.45) is 4.99 Å². The van der Waals surface area contributed by atoms with Crippen molar-refractivity contribution in [1.29, 1.82) is 0 Å². The van der Waals surface area contributed by atoms with Crippen molar-refractivity contribution in [2.75, 3.05) is 32.6 Å². The molecule has 1 amide bonds. The number of halogens is 1. The Hall–Kier alpha value is -4.38. The van der Waals surface area contributed by atoms with E-state index in [1.165, 1.54) is 12.1 Å². The lowest BCUT2D eigenvalue weighted by atomic mass is 9.82. The molecule has 1 aliphatic rings. The van der Waals surface area contributed by atoms with Gasteiger partial charge in [0.2, 0.25) is 5.90 Å². The Bertz CT molecular complexity index is 1590. The van der Waals surface area contributed by atoms with Gasteiger partial charge in [-0.2, -0.15) is 11.8 Å². The molecule has 0 fully saturated rings. The fourth-order valence-corrected chi connectivity index (χ4v) is 5.96. The van der Waals surface area contributed by atoms with Gasteiger partial charge in [-0.25, -0.2) is 14.8 Å². The lowest BCUT2D eigenvalue weighted by Gasteiger charge is -2.31. The molecule has 240 valence electrons. The molecule has 46 heavy (non-hydrogen) atoms. The van der Waals surface area contributed by atoms with Crippen LogP contribution in [0.25, 0.3) is 0 Å². The Labute approximate surface area is 273 Å². The van der Waals surface area contributed by atoms with Crippen molar-refractivity contribution >= 4 is 23.6 Å². The molecule has 0 spiro atoms. The number of aliphatic hydroxyl groups excluding tert-OH is 1. The van der Waals surface area contributed by atoms with Crippen LogP contribution in [0.3, 0.4) is 0 Å². The predicted octanol–water partition coefficient (Wildman–Crippen LogP) is 5.65. The zero-order chi connectivity index (χ0) is 32.2. The Morgan fingerprint density at radius 2 is 1.76 bits per heavy atom. The number of carbonyl (C=O) groups is 1. The van der Waals surface area contributed by atoms with Crippen LogP contribution < -0.4 is 20.3 Å². The summed E-state index contributed by atoms with van der Waals surface area (Å²) in [5.74, 6) is 2.53. The van der Waals surface area contributed by atoms with Crippen LogP contribution in [0.5, 0.6) is 11.5 Å². The molecule has 0 bridgehead atoms. The van der Waals surface area contributed by atoms with Gasteiger partial charge in [0.15, 0.2) is 11.6 Å². The van der Waals surface area contributed by atoms with E-state index in [1.54, 1.807) is 31.0 Å². The van der Waals surface area contributed by atoms with Crippen molar-refractivity contribution < 1.29 is 28.5 Å². The summed E-state index contributed by atoms with van der Waals surface area (Å²) in [5.41, 5.74) is 8.07. The number of amides is 1. The SMILES string of the molecule is COc1cccc([C@@H]2OC(c3ccc(OCCCO)cc3)=N[C@]2(Cc2ccccc2)C(=O)NNCCSCc2ccc(F)cc2)c1. The van der Waals surface area contributed by atoms with Gasteiger partial charge in [-0.3, -0.25) is 10.2 Å². The van der Waals surface area contributed by atoms with E-state index in [0.29, 0.717) is 42.5 Å². The zero-order valence-electron chi connectivity index (χ0n) is 25.7. The number of ether oxygens (including phenoxy) is 3. The molecule has 2 atom stereocenters. The first-order valence-corrected chi connectivity index (χ1v) is 16.3. The number of benzene rings is 4. The fraction of sp³-hybridized carbons (Fsp3) is 0.278. The van der Waals surface area contributed by atoms with E-state index in [4.69, 9.17) is 24.3 Å². The molecule has 0 radical (unpaired) electrons. The number of hydrogen-bond acceptors (Lipinski definition) is 8. The number of rotatable bonds is 16. The first-order valence-electron chi connectivity index (χ1n) is 15.1. The van der Waals surface area contributed by atoms with Gasteiger partial charge in [0, 0.05) is 43.1 Å². The van der Waals surface area contributed by atoms with Crippen LogP contribution in [0.4, 0.5) is 4.39 Å². The summed E-state index contributed by atoms with van der Waals surface area (Å²) in [6.45, 7) is 0.977. The van der Waals surface area contributed by atoms with Gasteiger partial charge in [0.05, 0.1) is 13.7 Å². The standard InChI is InChI=1S/C36H38FN3O5S/c1-43-32-10-5-9-29(23-32)33-36(24-26-7-3-2-4-8-26,35(42)40-38-19-22-46-25-27-11-15-30(37)16-12-27)39-34(45-33)28-13-17-31(18-14-28)44-21-6-20-41/h2-5,7-18,23,33,38,41H,6,19-22,24-25H2,1H3,(H,40,42)/t33-,36-/m0/s1. The number of carbonyl (C=O) groups excluding carboxylic acids is 1. The number of nitrogens with one attached hydrogen (secondary N) is 2. The van der Waals surface area contributed by atoms with Gasteiger partial charge >= 0.3 is 0 Å². The minimum Gasteiger partial charge on any atom is -0.497 e. The van der Waals surface area contributed by atoms with E-state index < -0.39 is 11.6 Å². The normalized spacial score (nSPS) is 17.2. The number of hydrazine groups is 1. The zero-order valence-corrected chi connectivity index (χ0v) is 26.5. The van der Waals surface area contributed by atoms with Crippen molar-refractivity contribution in [3.63, 3.8) is 0 Å². The number of thioether (sulfide) groups is 1. The predicted molar refractivity (Wildman–Crippen MR) is 179 cm³/mol. The van der Waals surface area contributed by atoms with E-state index in [2.05, 4.69) is 10.9 Å². The van der Waals surface area contributed by atoms with Crippen LogP contribution in [0.15, 0.2) is 108 Å². The summed E-state index contributed by atoms with van der Waals surface area (Å²) >= 11 is 1.68. The minimum atomic E-state index is -1.35. The summed E-state index contributed by atoms with van der Waals surface area (Å²) in [7, 11) is 1.60. The van der Waals surface area contributed by atoms with Crippen LogP contribution >= 0.6 is 11.8 Å². The summed E-state index contributed by atoms with van der Waals surface area (Å²) in [6.07, 6.45) is 0.0691. The number of nitrogens with zero attached hydrogens (tertiary/aromatic N) is 1. The molecule has 1 aliphatic heterocycles. The highest BCUT2D eigenvalue weighted by molar-refractivity contribution is 7.98. The maximum Gasteiger partial charge on any atom is 0.266 e. The second-order valence-electron chi connectivity index (χ2n) is 10.8. The van der Waals surface area contributed by atoms with E-state index in [1.807, 2.05) is 78.9 Å². The van der Waals surface area contributed by atoms with Crippen molar-refractivity contribution in [3.05, 3.63) is 131 Å². The highest BCUT2D eigenvalue weighted by atomic mass is 32.2. The maximum absolute atomic E-state index is 14.3. The Morgan fingerprint density at radius 3 is 2.50 bits per heavy atom. The summed E-state index contributed by atoms with van der Waals surface area (Å²) in [6, 6.07) is 31.1. The van der Waals surface area contributed by atoms with Crippen molar-refractivity contribution in [3.8, 4) is 11.5 Å². The third-order valence-electron chi connectivity index (χ3n) is 7.50. The highest BCUT2D eigenvalue weighted by Crippen LogP contribution is 2.43.